The maximum Gasteiger partial charge on any atom is 0.323 e. The summed E-state index contributed by atoms with van der Waals surface area (Å²) in [7, 11) is -0.592. The number of nitrogens with zero attached hydrogens (tertiary/aromatic N) is 4. The van der Waals surface area contributed by atoms with E-state index in [1.54, 1.807) is 6.08 Å². The first kappa shape index (κ1) is 27.0. The summed E-state index contributed by atoms with van der Waals surface area (Å²) < 4.78 is 35.5. The minimum Gasteiger partial charge on any atom is -0.468 e. The van der Waals surface area contributed by atoms with E-state index in [-0.39, 0.29) is 0 Å². The molecule has 1 N–H and O–H groups in total. The Morgan fingerprint density at radius 2 is 1.74 bits per heavy atom. The van der Waals surface area contributed by atoms with Crippen molar-refractivity contribution in [2.24, 2.45) is 7.05 Å². The van der Waals surface area contributed by atoms with E-state index in [0.717, 1.165) is 33.3 Å². The van der Waals surface area contributed by atoms with Gasteiger partial charge in [-0.05, 0) is 55.5 Å². The Labute approximate surface area is 223 Å². The third-order valence-electron chi connectivity index (χ3n) is 6.40. The van der Waals surface area contributed by atoms with E-state index in [1.807, 2.05) is 66.3 Å². The lowest BCUT2D eigenvalue weighted by Crippen LogP contribution is -2.54. The normalized spacial score (nSPS) is 15.2. The molecule has 0 bridgehead atoms. The van der Waals surface area contributed by atoms with Crippen LogP contribution in [0, 0.1) is 23.2 Å². The Morgan fingerprint density at radius 1 is 1.08 bits per heavy atom. The highest BCUT2D eigenvalue weighted by Crippen LogP contribution is 2.23. The molecule has 0 spiro atoms. The average molecular weight is 532 g/mol. The number of piperazine rings is 1. The second kappa shape index (κ2) is 11.5. The van der Waals surface area contributed by atoms with Crippen molar-refractivity contribution in [1.29, 1.82) is 5.26 Å². The monoisotopic (exact) mass is 531 g/mol. The number of carbonyl (C=O) groups excluding carboxylic acids is 1. The van der Waals surface area contributed by atoms with Crippen molar-refractivity contribution in [3.8, 4) is 17.9 Å². The van der Waals surface area contributed by atoms with Crippen molar-refractivity contribution in [2.75, 3.05) is 38.2 Å². The van der Waals surface area contributed by atoms with Crippen LogP contribution in [-0.4, -0.2) is 62.6 Å². The molecule has 1 saturated heterocycles. The number of fused-ring (bicyclic) bond motifs is 1. The van der Waals surface area contributed by atoms with E-state index >= 15 is 0 Å². The summed E-state index contributed by atoms with van der Waals surface area (Å²) >= 11 is 0. The average Bonchev–Trinajstić information content (AvgIpc) is 3.24. The van der Waals surface area contributed by atoms with E-state index in [0.29, 0.717) is 26.2 Å². The maximum atomic E-state index is 12.6. The van der Waals surface area contributed by atoms with E-state index in [9.17, 15) is 13.2 Å². The Hall–Kier alpha value is -4.09. The fourth-order valence-electron chi connectivity index (χ4n) is 4.37. The van der Waals surface area contributed by atoms with Gasteiger partial charge in [0.15, 0.2) is 0 Å². The SMILES string of the molecule is COC(=O)[C@@H](C)NS(=O)(=O)N1CCN(c2ccc(C#Cc3ccc4c(c3)c(/C=C/C#N)cn4C)cc2)CC1. The summed E-state index contributed by atoms with van der Waals surface area (Å²) in [4.78, 5) is 13.7. The van der Waals surface area contributed by atoms with Crippen LogP contribution < -0.4 is 9.62 Å². The predicted octanol–water partition coefficient (Wildman–Crippen LogP) is 2.63. The zero-order valence-corrected chi connectivity index (χ0v) is 22.3. The third-order valence-corrected chi connectivity index (χ3v) is 8.10. The quantitative estimate of drug-likeness (QED) is 0.298. The van der Waals surface area contributed by atoms with Crippen molar-refractivity contribution in [3.05, 3.63) is 71.4 Å². The minimum atomic E-state index is -3.79. The standard InChI is InChI=1S/C28H29N5O4S/c1-21(28(34)37-3)30-38(35,36)33-17-15-32(16-18-33)25-11-8-22(9-12-25)6-7-23-10-13-27-26(19-23)24(5-4-14-29)20-31(27)2/h4-5,8-13,19-21,30H,15-18H2,1-3H3/b5-4+/t21-/m1/s1. The first-order chi connectivity index (χ1) is 18.2. The van der Waals surface area contributed by atoms with Crippen LogP contribution in [0.3, 0.4) is 0 Å². The van der Waals surface area contributed by atoms with Crippen LogP contribution in [-0.2, 0) is 26.8 Å². The second-order valence-corrected chi connectivity index (χ2v) is 10.6. The number of allylic oxidation sites excluding steroid dienone is 1. The third kappa shape index (κ3) is 6.06. The first-order valence-electron chi connectivity index (χ1n) is 12.1. The second-order valence-electron chi connectivity index (χ2n) is 8.94. The molecule has 0 saturated carbocycles. The minimum absolute atomic E-state index is 0.304. The summed E-state index contributed by atoms with van der Waals surface area (Å²) in [5, 5.41) is 9.90. The molecule has 4 rings (SSSR count). The van der Waals surface area contributed by atoms with E-state index in [2.05, 4.69) is 26.2 Å². The molecule has 2 aromatic carbocycles. The molecular weight excluding hydrogens is 502 g/mol. The molecule has 1 aromatic heterocycles. The Morgan fingerprint density at radius 3 is 2.39 bits per heavy atom. The molecule has 38 heavy (non-hydrogen) atoms. The molecule has 0 aliphatic carbocycles. The van der Waals surface area contributed by atoms with Crippen molar-refractivity contribution in [1.82, 2.24) is 13.6 Å². The summed E-state index contributed by atoms with van der Waals surface area (Å²) in [5.41, 5.74) is 4.78. The van der Waals surface area contributed by atoms with E-state index in [4.69, 9.17) is 5.26 Å². The number of hydrogen-bond donors (Lipinski definition) is 1. The van der Waals surface area contributed by atoms with Gasteiger partial charge in [-0.15, -0.1) is 0 Å². The number of nitrogens with one attached hydrogen (secondary N) is 1. The molecule has 0 amide bonds. The van der Waals surface area contributed by atoms with Gasteiger partial charge in [0.25, 0.3) is 10.2 Å². The Balaban J connectivity index is 1.40. The number of esters is 1. The van der Waals surface area contributed by atoms with Gasteiger partial charge >= 0.3 is 5.97 Å². The fourth-order valence-corrected chi connectivity index (χ4v) is 5.71. The van der Waals surface area contributed by atoms with Gasteiger partial charge in [0, 0.05) is 78.8 Å². The molecular formula is C28H29N5O4S. The lowest BCUT2D eigenvalue weighted by atomic mass is 10.1. The molecule has 1 fully saturated rings. The molecule has 1 aliphatic heterocycles. The topological polar surface area (TPSA) is 108 Å². The summed E-state index contributed by atoms with van der Waals surface area (Å²) in [6, 6.07) is 15.0. The van der Waals surface area contributed by atoms with Crippen LogP contribution in [0.15, 0.2) is 54.7 Å². The zero-order chi connectivity index (χ0) is 27.3. The highest BCUT2D eigenvalue weighted by Gasteiger charge is 2.30. The van der Waals surface area contributed by atoms with Crippen LogP contribution in [0.25, 0.3) is 17.0 Å². The number of ether oxygens (including phenoxy) is 1. The molecule has 1 aliphatic rings. The fraction of sp³-hybridized carbons (Fsp3) is 0.286. The molecule has 2 heterocycles. The Kier molecular flexibility index (Phi) is 8.18. The van der Waals surface area contributed by atoms with E-state index < -0.39 is 22.2 Å². The summed E-state index contributed by atoms with van der Waals surface area (Å²) in [6.07, 6.45) is 5.26. The lowest BCUT2D eigenvalue weighted by Gasteiger charge is -2.35. The number of aryl methyl sites for hydroxylation is 1. The van der Waals surface area contributed by atoms with Crippen molar-refractivity contribution in [3.63, 3.8) is 0 Å². The van der Waals surface area contributed by atoms with Gasteiger partial charge in [0.1, 0.15) is 6.04 Å². The van der Waals surface area contributed by atoms with Crippen LogP contribution in [0.1, 0.15) is 23.6 Å². The van der Waals surface area contributed by atoms with Crippen molar-refractivity contribution in [2.45, 2.75) is 13.0 Å². The van der Waals surface area contributed by atoms with Gasteiger partial charge < -0.3 is 14.2 Å². The van der Waals surface area contributed by atoms with Crippen LogP contribution in [0.5, 0.6) is 0 Å². The van der Waals surface area contributed by atoms with Crippen molar-refractivity contribution >= 4 is 38.8 Å². The number of methoxy groups -OCH3 is 1. The number of nitriles is 1. The number of rotatable bonds is 6. The molecule has 3 aromatic rings. The van der Waals surface area contributed by atoms with Gasteiger partial charge in [-0.2, -0.15) is 22.7 Å². The first-order valence-corrected chi connectivity index (χ1v) is 13.5. The number of benzene rings is 2. The molecule has 9 nitrogen and oxygen atoms in total. The molecule has 0 unspecified atom stereocenters. The van der Waals surface area contributed by atoms with Crippen molar-refractivity contribution < 1.29 is 17.9 Å². The number of carbonyl (C=O) groups is 1. The predicted molar refractivity (Wildman–Crippen MR) is 147 cm³/mol. The van der Waals surface area contributed by atoms with Gasteiger partial charge in [-0.3, -0.25) is 4.79 Å². The zero-order valence-electron chi connectivity index (χ0n) is 21.5. The largest absolute Gasteiger partial charge is 0.468 e. The van der Waals surface area contributed by atoms with Crippen LogP contribution >= 0.6 is 0 Å². The Bertz CT molecular complexity index is 1570. The van der Waals surface area contributed by atoms with Gasteiger partial charge in [-0.25, -0.2) is 0 Å². The van der Waals surface area contributed by atoms with Gasteiger partial charge in [0.2, 0.25) is 0 Å². The highest BCUT2D eigenvalue weighted by atomic mass is 32.2. The summed E-state index contributed by atoms with van der Waals surface area (Å²) in [6.45, 7) is 3.11. The van der Waals surface area contributed by atoms with Gasteiger partial charge in [0.05, 0.1) is 13.2 Å². The number of hydrogen-bond acceptors (Lipinski definition) is 6. The molecule has 1 atom stereocenters. The number of anilines is 1. The maximum absolute atomic E-state index is 12.6. The van der Waals surface area contributed by atoms with Gasteiger partial charge in [-0.1, -0.05) is 11.8 Å². The molecule has 196 valence electrons. The highest BCUT2D eigenvalue weighted by molar-refractivity contribution is 7.87. The smallest absolute Gasteiger partial charge is 0.323 e. The van der Waals surface area contributed by atoms with Crippen LogP contribution in [0.2, 0.25) is 0 Å². The van der Waals surface area contributed by atoms with Crippen LogP contribution in [0.4, 0.5) is 5.69 Å². The lowest BCUT2D eigenvalue weighted by molar-refractivity contribution is -0.142. The molecule has 0 radical (unpaired) electrons. The summed E-state index contributed by atoms with van der Waals surface area (Å²) in [5.74, 6) is 5.79. The molecule has 10 heteroatoms. The van der Waals surface area contributed by atoms with E-state index in [1.165, 1.54) is 24.4 Å². The number of aromatic nitrogens is 1.